The molecule has 2 aliphatic rings. The Kier molecular flexibility index (Phi) is 4.02. The summed E-state index contributed by atoms with van der Waals surface area (Å²) in [6.07, 6.45) is 6.78. The van der Waals surface area contributed by atoms with Crippen molar-refractivity contribution >= 4 is 5.69 Å². The largest absolute Gasteiger partial charge is 0.365 e. The summed E-state index contributed by atoms with van der Waals surface area (Å²) >= 11 is 0. The molecular weight excluding hydrogens is 244 g/mol. The van der Waals surface area contributed by atoms with E-state index < -0.39 is 0 Å². The van der Waals surface area contributed by atoms with Crippen LogP contribution in [-0.4, -0.2) is 24.7 Å². The molecular formula is C18H28N2. The lowest BCUT2D eigenvalue weighted by Crippen LogP contribution is -2.56. The third kappa shape index (κ3) is 2.71. The van der Waals surface area contributed by atoms with Crippen LogP contribution in [0.2, 0.25) is 0 Å². The molecule has 2 fully saturated rings. The van der Waals surface area contributed by atoms with Crippen LogP contribution in [0.4, 0.5) is 5.69 Å². The molecule has 1 aromatic carbocycles. The molecule has 2 heteroatoms. The van der Waals surface area contributed by atoms with Crippen molar-refractivity contribution < 1.29 is 0 Å². The Morgan fingerprint density at radius 3 is 2.20 bits per heavy atom. The fraction of sp³-hybridized carbons (Fsp3) is 0.667. The Morgan fingerprint density at radius 2 is 1.65 bits per heavy atom. The molecule has 0 saturated carbocycles. The average molecular weight is 272 g/mol. The van der Waals surface area contributed by atoms with Gasteiger partial charge in [0.15, 0.2) is 0 Å². The summed E-state index contributed by atoms with van der Waals surface area (Å²) in [5, 5.41) is 3.68. The van der Waals surface area contributed by atoms with Crippen LogP contribution in [0.5, 0.6) is 0 Å². The fourth-order valence-corrected chi connectivity index (χ4v) is 4.36. The topological polar surface area (TPSA) is 15.3 Å². The van der Waals surface area contributed by atoms with Gasteiger partial charge in [-0.3, -0.25) is 0 Å². The van der Waals surface area contributed by atoms with Crippen molar-refractivity contribution in [1.82, 2.24) is 5.32 Å². The third-order valence-electron chi connectivity index (χ3n) is 4.97. The standard InChI is InChI=1S/C18H28N2/c1-4-19-15-11-16-6-5-7-17(12-15)20(16)18-9-13(2)8-14(3)10-18/h8-10,15-17,19H,4-7,11-12H2,1-3H3. The molecule has 2 unspecified atom stereocenters. The van der Waals surface area contributed by atoms with Crippen LogP contribution in [0.15, 0.2) is 18.2 Å². The molecule has 1 aromatic rings. The summed E-state index contributed by atoms with van der Waals surface area (Å²) in [6, 6.07) is 9.26. The number of piperidine rings is 2. The van der Waals surface area contributed by atoms with Gasteiger partial charge in [-0.1, -0.05) is 13.0 Å². The van der Waals surface area contributed by atoms with Crippen molar-refractivity contribution in [3.05, 3.63) is 29.3 Å². The van der Waals surface area contributed by atoms with Crippen molar-refractivity contribution in [2.24, 2.45) is 0 Å². The Morgan fingerprint density at radius 1 is 1.05 bits per heavy atom. The first-order valence-corrected chi connectivity index (χ1v) is 8.27. The second-order valence-electron chi connectivity index (χ2n) is 6.72. The van der Waals surface area contributed by atoms with Gasteiger partial charge in [0.1, 0.15) is 0 Å². The predicted molar refractivity (Wildman–Crippen MR) is 86.5 cm³/mol. The smallest absolute Gasteiger partial charge is 0.0376 e. The average Bonchev–Trinajstić information content (AvgIpc) is 2.36. The molecule has 2 saturated heterocycles. The number of fused-ring (bicyclic) bond motifs is 2. The predicted octanol–water partition coefficient (Wildman–Crippen LogP) is 3.80. The minimum atomic E-state index is 0.734. The number of anilines is 1. The van der Waals surface area contributed by atoms with Crippen LogP contribution < -0.4 is 10.2 Å². The SMILES string of the molecule is CCNC1CC2CCCC(C1)N2c1cc(C)cc(C)c1. The van der Waals surface area contributed by atoms with Crippen LogP contribution in [0, 0.1) is 13.8 Å². The number of benzene rings is 1. The molecule has 0 radical (unpaired) electrons. The molecule has 2 heterocycles. The molecule has 0 aliphatic carbocycles. The first-order valence-electron chi connectivity index (χ1n) is 8.27. The van der Waals surface area contributed by atoms with Gasteiger partial charge in [0, 0.05) is 23.8 Å². The fourth-order valence-electron chi connectivity index (χ4n) is 4.36. The van der Waals surface area contributed by atoms with Gasteiger partial charge in [0.05, 0.1) is 0 Å². The molecule has 3 rings (SSSR count). The minimum Gasteiger partial charge on any atom is -0.365 e. The number of nitrogens with zero attached hydrogens (tertiary/aromatic N) is 1. The summed E-state index contributed by atoms with van der Waals surface area (Å²) in [4.78, 5) is 2.75. The van der Waals surface area contributed by atoms with Crippen LogP contribution >= 0.6 is 0 Å². The Balaban J connectivity index is 1.86. The van der Waals surface area contributed by atoms with E-state index in [1.54, 1.807) is 0 Å². The Labute approximate surface area is 123 Å². The van der Waals surface area contributed by atoms with E-state index in [-0.39, 0.29) is 0 Å². The zero-order chi connectivity index (χ0) is 14.1. The van der Waals surface area contributed by atoms with E-state index in [4.69, 9.17) is 0 Å². The highest BCUT2D eigenvalue weighted by Gasteiger charge is 2.38. The Hall–Kier alpha value is -1.02. The van der Waals surface area contributed by atoms with Gasteiger partial charge in [-0.25, -0.2) is 0 Å². The summed E-state index contributed by atoms with van der Waals surface area (Å²) in [5.41, 5.74) is 4.26. The van der Waals surface area contributed by atoms with Gasteiger partial charge >= 0.3 is 0 Å². The second kappa shape index (κ2) is 5.77. The number of rotatable bonds is 3. The molecule has 1 N–H and O–H groups in total. The van der Waals surface area contributed by atoms with Crippen LogP contribution in [0.25, 0.3) is 0 Å². The van der Waals surface area contributed by atoms with Gasteiger partial charge in [-0.2, -0.15) is 0 Å². The highest BCUT2D eigenvalue weighted by Crippen LogP contribution is 2.38. The van der Waals surface area contributed by atoms with E-state index in [0.29, 0.717) is 0 Å². The van der Waals surface area contributed by atoms with Crippen molar-refractivity contribution in [2.45, 2.75) is 71.0 Å². The van der Waals surface area contributed by atoms with Crippen LogP contribution in [-0.2, 0) is 0 Å². The maximum absolute atomic E-state index is 3.68. The first kappa shape index (κ1) is 13.9. The van der Waals surface area contributed by atoms with Gasteiger partial charge in [-0.15, -0.1) is 0 Å². The zero-order valence-corrected chi connectivity index (χ0v) is 13.2. The summed E-state index contributed by atoms with van der Waals surface area (Å²) in [6.45, 7) is 7.77. The molecule has 110 valence electrons. The maximum Gasteiger partial charge on any atom is 0.0376 e. The zero-order valence-electron chi connectivity index (χ0n) is 13.2. The van der Waals surface area contributed by atoms with Gasteiger partial charge in [0.25, 0.3) is 0 Å². The number of hydrogen-bond donors (Lipinski definition) is 1. The Bertz CT molecular complexity index is 434. The normalized spacial score (nSPS) is 29.6. The molecule has 0 amide bonds. The van der Waals surface area contributed by atoms with E-state index in [2.05, 4.69) is 49.2 Å². The molecule has 2 bridgehead atoms. The summed E-state index contributed by atoms with van der Waals surface area (Å²) in [7, 11) is 0. The molecule has 20 heavy (non-hydrogen) atoms. The van der Waals surface area contributed by atoms with E-state index in [1.807, 2.05) is 0 Å². The maximum atomic E-state index is 3.68. The van der Waals surface area contributed by atoms with Gasteiger partial charge in [-0.05, 0) is 75.8 Å². The van der Waals surface area contributed by atoms with E-state index in [0.717, 1.165) is 24.7 Å². The van der Waals surface area contributed by atoms with Crippen LogP contribution in [0.1, 0.15) is 50.2 Å². The monoisotopic (exact) mass is 272 g/mol. The van der Waals surface area contributed by atoms with Crippen molar-refractivity contribution in [2.75, 3.05) is 11.4 Å². The molecule has 2 nitrogen and oxygen atoms in total. The van der Waals surface area contributed by atoms with Crippen LogP contribution in [0.3, 0.4) is 0 Å². The third-order valence-corrected chi connectivity index (χ3v) is 4.97. The lowest BCUT2D eigenvalue weighted by atomic mass is 9.81. The highest BCUT2D eigenvalue weighted by molar-refractivity contribution is 5.53. The number of nitrogens with one attached hydrogen (secondary N) is 1. The lowest BCUT2D eigenvalue weighted by Gasteiger charge is -2.50. The van der Waals surface area contributed by atoms with Crippen molar-refractivity contribution in [3.8, 4) is 0 Å². The minimum absolute atomic E-state index is 0.734. The number of aryl methyl sites for hydroxylation is 2. The molecule has 0 spiro atoms. The highest BCUT2D eigenvalue weighted by atomic mass is 15.2. The number of hydrogen-bond acceptors (Lipinski definition) is 2. The van der Waals surface area contributed by atoms with Gasteiger partial charge in [0.2, 0.25) is 0 Å². The molecule has 0 aromatic heterocycles. The molecule has 2 aliphatic heterocycles. The van der Waals surface area contributed by atoms with Gasteiger partial charge < -0.3 is 10.2 Å². The summed E-state index contributed by atoms with van der Waals surface area (Å²) < 4.78 is 0. The van der Waals surface area contributed by atoms with Crippen molar-refractivity contribution in [3.63, 3.8) is 0 Å². The second-order valence-corrected chi connectivity index (χ2v) is 6.72. The van der Waals surface area contributed by atoms with E-state index in [1.165, 1.54) is 48.9 Å². The summed E-state index contributed by atoms with van der Waals surface area (Å²) in [5.74, 6) is 0. The van der Waals surface area contributed by atoms with E-state index in [9.17, 15) is 0 Å². The lowest BCUT2D eigenvalue weighted by molar-refractivity contribution is 0.247. The van der Waals surface area contributed by atoms with Crippen molar-refractivity contribution in [1.29, 1.82) is 0 Å². The first-order chi connectivity index (χ1) is 9.67. The molecule has 2 atom stereocenters. The quantitative estimate of drug-likeness (QED) is 0.900. The van der Waals surface area contributed by atoms with E-state index >= 15 is 0 Å².